The number of rotatable bonds is 4. The second-order valence-electron chi connectivity index (χ2n) is 5.28. The number of benzene rings is 1. The van der Waals surface area contributed by atoms with Crippen molar-refractivity contribution >= 4 is 11.9 Å². The Morgan fingerprint density at radius 1 is 1.41 bits per heavy atom. The lowest BCUT2D eigenvalue weighted by Crippen LogP contribution is -2.35. The first-order valence-electron chi connectivity index (χ1n) is 7.01. The van der Waals surface area contributed by atoms with Crippen LogP contribution in [0.1, 0.15) is 35.7 Å². The number of carbonyl (C=O) groups excluding carboxylic acids is 2. The maximum Gasteiger partial charge on any atom is 0.338 e. The molecule has 2 unspecified atom stereocenters. The summed E-state index contributed by atoms with van der Waals surface area (Å²) in [6, 6.07) is 7.04. The van der Waals surface area contributed by atoms with E-state index in [-0.39, 0.29) is 6.61 Å². The van der Waals surface area contributed by atoms with E-state index in [0.29, 0.717) is 18.4 Å². The molecule has 1 aromatic carbocycles. The number of hydrogen-bond donors (Lipinski definition) is 0. The molecule has 1 heterocycles. The van der Waals surface area contributed by atoms with Crippen molar-refractivity contribution in [1.29, 1.82) is 0 Å². The van der Waals surface area contributed by atoms with Gasteiger partial charge in [-0.2, -0.15) is 0 Å². The van der Waals surface area contributed by atoms with E-state index in [9.17, 15) is 9.59 Å². The molecule has 1 aromatic rings. The summed E-state index contributed by atoms with van der Waals surface area (Å²) in [5, 5.41) is 0. The minimum absolute atomic E-state index is 0.0754. The molecule has 2 atom stereocenters. The lowest BCUT2D eigenvalue weighted by Gasteiger charge is -2.22. The third-order valence-electron chi connectivity index (χ3n) is 3.43. The molecule has 0 N–H and O–H groups in total. The smallest absolute Gasteiger partial charge is 0.338 e. The van der Waals surface area contributed by atoms with Crippen LogP contribution in [-0.4, -0.2) is 30.4 Å². The Hall–Kier alpha value is -2.32. The normalized spacial score (nSPS) is 23.6. The molecule has 1 fully saturated rings. The highest BCUT2D eigenvalue weighted by molar-refractivity contribution is 5.89. The highest BCUT2D eigenvalue weighted by Gasteiger charge is 2.41. The fourth-order valence-electron chi connectivity index (χ4n) is 2.20. The van der Waals surface area contributed by atoms with Gasteiger partial charge in [0.2, 0.25) is 6.29 Å². The number of carbonyl (C=O) groups is 2. The van der Waals surface area contributed by atoms with Crippen LogP contribution in [0.3, 0.4) is 0 Å². The van der Waals surface area contributed by atoms with Crippen LogP contribution in [0.15, 0.2) is 24.3 Å². The monoisotopic (exact) mass is 302 g/mol. The number of hydrogen-bond acceptors (Lipinski definition) is 5. The Labute approximate surface area is 129 Å². The lowest BCUT2D eigenvalue weighted by molar-refractivity contribution is -0.182. The minimum atomic E-state index is -1.04. The molecule has 116 valence electrons. The number of esters is 2. The summed E-state index contributed by atoms with van der Waals surface area (Å²) in [6.45, 7) is 3.16. The van der Waals surface area contributed by atoms with Crippen molar-refractivity contribution in [2.75, 3.05) is 6.61 Å². The molecular weight excluding hydrogens is 284 g/mol. The van der Waals surface area contributed by atoms with E-state index in [1.165, 1.54) is 6.92 Å². The topological polar surface area (TPSA) is 61.8 Å². The Balaban J connectivity index is 1.94. The lowest BCUT2D eigenvalue weighted by atomic mass is 10.0. The minimum Gasteiger partial charge on any atom is -0.458 e. The van der Waals surface area contributed by atoms with Gasteiger partial charge in [-0.05, 0) is 25.5 Å². The Morgan fingerprint density at radius 3 is 2.68 bits per heavy atom. The largest absolute Gasteiger partial charge is 0.458 e. The van der Waals surface area contributed by atoms with Crippen molar-refractivity contribution in [3.05, 3.63) is 35.4 Å². The van der Waals surface area contributed by atoms with Crippen LogP contribution >= 0.6 is 0 Å². The number of terminal acetylenes is 1. The van der Waals surface area contributed by atoms with Gasteiger partial charge in [0.1, 0.15) is 6.61 Å². The molecular formula is C17H18O5. The quantitative estimate of drug-likeness (QED) is 0.630. The molecule has 0 amide bonds. The summed E-state index contributed by atoms with van der Waals surface area (Å²) in [5.41, 5.74) is 0.466. The molecule has 5 nitrogen and oxygen atoms in total. The van der Waals surface area contributed by atoms with E-state index in [0.717, 1.165) is 5.56 Å². The Bertz CT molecular complexity index is 598. The van der Waals surface area contributed by atoms with Gasteiger partial charge in [0, 0.05) is 13.3 Å². The average Bonchev–Trinajstić information content (AvgIpc) is 2.88. The SMILES string of the molecule is C#CC1(COC(=O)c2ccc(C)cc2)CCC(OC(C)=O)O1. The van der Waals surface area contributed by atoms with Crippen LogP contribution in [0.2, 0.25) is 0 Å². The van der Waals surface area contributed by atoms with Crippen molar-refractivity contribution in [2.24, 2.45) is 0 Å². The summed E-state index contributed by atoms with van der Waals surface area (Å²) in [4.78, 5) is 22.9. The zero-order valence-corrected chi connectivity index (χ0v) is 12.6. The van der Waals surface area contributed by atoms with Crippen molar-refractivity contribution in [2.45, 2.75) is 38.6 Å². The van der Waals surface area contributed by atoms with Crippen molar-refractivity contribution in [1.82, 2.24) is 0 Å². The number of ether oxygens (including phenoxy) is 3. The Morgan fingerprint density at radius 2 is 2.09 bits per heavy atom. The van der Waals surface area contributed by atoms with Gasteiger partial charge >= 0.3 is 11.9 Å². The highest BCUT2D eigenvalue weighted by Crippen LogP contribution is 2.31. The van der Waals surface area contributed by atoms with Gasteiger partial charge < -0.3 is 14.2 Å². The first-order chi connectivity index (χ1) is 10.4. The van der Waals surface area contributed by atoms with Crippen molar-refractivity contribution in [3.8, 4) is 12.3 Å². The zero-order valence-electron chi connectivity index (χ0n) is 12.6. The van der Waals surface area contributed by atoms with Crippen molar-refractivity contribution in [3.63, 3.8) is 0 Å². The Kier molecular flexibility index (Phi) is 4.84. The second kappa shape index (κ2) is 6.63. The molecule has 0 aliphatic carbocycles. The van der Waals surface area contributed by atoms with E-state index < -0.39 is 23.8 Å². The summed E-state index contributed by atoms with van der Waals surface area (Å²) in [6.07, 6.45) is 5.75. The predicted octanol–water partition coefficient (Wildman–Crippen LogP) is 2.22. The van der Waals surface area contributed by atoms with E-state index in [4.69, 9.17) is 20.6 Å². The fraction of sp³-hybridized carbons (Fsp3) is 0.412. The first-order valence-corrected chi connectivity index (χ1v) is 7.01. The predicted molar refractivity (Wildman–Crippen MR) is 78.9 cm³/mol. The molecule has 1 saturated heterocycles. The van der Waals surface area contributed by atoms with Gasteiger partial charge in [0.05, 0.1) is 5.56 Å². The molecule has 0 radical (unpaired) electrons. The zero-order chi connectivity index (χ0) is 16.2. The number of aryl methyl sites for hydroxylation is 1. The van der Waals surface area contributed by atoms with E-state index >= 15 is 0 Å². The molecule has 0 aromatic heterocycles. The van der Waals surface area contributed by atoms with Gasteiger partial charge in [0.25, 0.3) is 0 Å². The fourth-order valence-corrected chi connectivity index (χ4v) is 2.20. The first kappa shape index (κ1) is 16.1. The summed E-state index contributed by atoms with van der Waals surface area (Å²) in [7, 11) is 0. The molecule has 22 heavy (non-hydrogen) atoms. The van der Waals surface area contributed by atoms with Crippen LogP contribution in [0.4, 0.5) is 0 Å². The molecule has 2 rings (SSSR count). The maximum atomic E-state index is 12.0. The van der Waals surface area contributed by atoms with Gasteiger partial charge in [0.15, 0.2) is 5.60 Å². The van der Waals surface area contributed by atoms with E-state index in [1.54, 1.807) is 12.1 Å². The highest BCUT2D eigenvalue weighted by atomic mass is 16.7. The van der Waals surface area contributed by atoms with Crippen LogP contribution in [0.5, 0.6) is 0 Å². The standard InChI is InChI=1S/C17H18O5/c1-4-17(10-9-15(22-17)21-13(3)18)11-20-16(19)14-7-5-12(2)6-8-14/h1,5-8,15H,9-11H2,2-3H3. The second-order valence-corrected chi connectivity index (χ2v) is 5.28. The van der Waals surface area contributed by atoms with E-state index in [1.807, 2.05) is 19.1 Å². The van der Waals surface area contributed by atoms with Crippen LogP contribution in [-0.2, 0) is 19.0 Å². The van der Waals surface area contributed by atoms with Gasteiger partial charge in [-0.1, -0.05) is 23.6 Å². The molecule has 0 spiro atoms. The third kappa shape index (κ3) is 3.86. The molecule has 1 aliphatic rings. The van der Waals surface area contributed by atoms with Crippen LogP contribution in [0, 0.1) is 19.3 Å². The van der Waals surface area contributed by atoms with Gasteiger partial charge in [-0.15, -0.1) is 6.42 Å². The average molecular weight is 302 g/mol. The van der Waals surface area contributed by atoms with Crippen molar-refractivity contribution < 1.29 is 23.8 Å². The molecule has 0 bridgehead atoms. The summed E-state index contributed by atoms with van der Waals surface area (Å²) < 4.78 is 15.8. The molecule has 0 saturated carbocycles. The van der Waals surface area contributed by atoms with Gasteiger partial charge in [-0.3, -0.25) is 4.79 Å². The van der Waals surface area contributed by atoms with Crippen LogP contribution < -0.4 is 0 Å². The summed E-state index contributed by atoms with van der Waals surface area (Å²) in [5.74, 6) is 1.61. The molecule has 1 aliphatic heterocycles. The third-order valence-corrected chi connectivity index (χ3v) is 3.43. The summed E-state index contributed by atoms with van der Waals surface area (Å²) >= 11 is 0. The van der Waals surface area contributed by atoms with Crippen LogP contribution in [0.25, 0.3) is 0 Å². The van der Waals surface area contributed by atoms with E-state index in [2.05, 4.69) is 5.92 Å². The maximum absolute atomic E-state index is 12.0. The van der Waals surface area contributed by atoms with Gasteiger partial charge in [-0.25, -0.2) is 4.79 Å². The molecule has 5 heteroatoms.